The van der Waals surface area contributed by atoms with Crippen LogP contribution in [0.3, 0.4) is 0 Å². The third kappa shape index (κ3) is 3.30. The van der Waals surface area contributed by atoms with Crippen molar-refractivity contribution in [1.29, 1.82) is 0 Å². The monoisotopic (exact) mass is 405 g/mol. The first-order valence-electron chi connectivity index (χ1n) is 7.51. The number of hydrogen-bond acceptors (Lipinski definition) is 5. The van der Waals surface area contributed by atoms with E-state index in [9.17, 15) is 4.79 Å². The molecule has 0 aliphatic carbocycles. The van der Waals surface area contributed by atoms with E-state index in [1.807, 2.05) is 44.2 Å². The van der Waals surface area contributed by atoms with Crippen LogP contribution in [0, 0.1) is 13.8 Å². The van der Waals surface area contributed by atoms with Crippen LogP contribution < -0.4 is 4.74 Å². The molecular formula is C18H16BrNO3S. The van der Waals surface area contributed by atoms with Crippen LogP contribution in [0.25, 0.3) is 10.2 Å². The molecule has 0 unspecified atom stereocenters. The fourth-order valence-electron chi connectivity index (χ4n) is 2.50. The lowest BCUT2D eigenvalue weighted by atomic mass is 10.1. The highest BCUT2D eigenvalue weighted by Gasteiger charge is 2.19. The molecule has 3 aromatic rings. The van der Waals surface area contributed by atoms with E-state index in [1.54, 1.807) is 6.92 Å². The molecule has 0 radical (unpaired) electrons. The van der Waals surface area contributed by atoms with Crippen molar-refractivity contribution >= 4 is 43.5 Å². The van der Waals surface area contributed by atoms with Gasteiger partial charge in [-0.2, -0.15) is 0 Å². The molecule has 0 atom stereocenters. The Balaban J connectivity index is 2.00. The molecule has 0 fully saturated rings. The van der Waals surface area contributed by atoms with Gasteiger partial charge in [-0.05, 0) is 56.2 Å². The highest BCUT2D eigenvalue weighted by molar-refractivity contribution is 9.10. The molecular weight excluding hydrogens is 390 g/mol. The Morgan fingerprint density at radius 1 is 1.25 bits per heavy atom. The smallest absolute Gasteiger partial charge is 0.348 e. The van der Waals surface area contributed by atoms with E-state index in [1.165, 1.54) is 11.3 Å². The maximum absolute atomic E-state index is 12.1. The minimum absolute atomic E-state index is 0.298. The van der Waals surface area contributed by atoms with Crippen molar-refractivity contribution in [2.75, 3.05) is 6.61 Å². The van der Waals surface area contributed by atoms with Crippen LogP contribution in [-0.2, 0) is 4.74 Å². The molecule has 0 amide bonds. The van der Waals surface area contributed by atoms with Gasteiger partial charge >= 0.3 is 5.97 Å². The summed E-state index contributed by atoms with van der Waals surface area (Å²) < 4.78 is 11.9. The Morgan fingerprint density at radius 2 is 1.96 bits per heavy atom. The summed E-state index contributed by atoms with van der Waals surface area (Å²) in [7, 11) is 0. The van der Waals surface area contributed by atoms with Gasteiger partial charge in [0.2, 0.25) is 5.88 Å². The molecule has 0 bridgehead atoms. The maximum Gasteiger partial charge on any atom is 0.348 e. The standard InChI is InChI=1S/C18H16BrNO3S/c1-4-22-18(21)16-11(3)15-10(2)9-14(20-17(15)24-16)23-13-7-5-12(19)6-8-13/h5-9H,4H2,1-3H3. The highest BCUT2D eigenvalue weighted by atomic mass is 79.9. The van der Waals surface area contributed by atoms with E-state index >= 15 is 0 Å². The number of pyridine rings is 1. The van der Waals surface area contributed by atoms with Crippen molar-refractivity contribution < 1.29 is 14.3 Å². The fraction of sp³-hybridized carbons (Fsp3) is 0.222. The Morgan fingerprint density at radius 3 is 2.62 bits per heavy atom. The predicted octanol–water partition coefficient (Wildman–Crippen LogP) is 5.64. The molecule has 124 valence electrons. The number of thiophene rings is 1. The molecule has 2 aromatic heterocycles. The quantitative estimate of drug-likeness (QED) is 0.526. The minimum atomic E-state index is -0.298. The zero-order chi connectivity index (χ0) is 17.3. The molecule has 3 rings (SSSR count). The predicted molar refractivity (Wildman–Crippen MR) is 99.3 cm³/mol. The van der Waals surface area contributed by atoms with Crippen molar-refractivity contribution in [3.63, 3.8) is 0 Å². The summed E-state index contributed by atoms with van der Waals surface area (Å²) in [5.74, 6) is 0.926. The average Bonchev–Trinajstić information content (AvgIpc) is 2.87. The summed E-state index contributed by atoms with van der Waals surface area (Å²) in [6.45, 7) is 6.08. The molecule has 1 aromatic carbocycles. The second-order valence-electron chi connectivity index (χ2n) is 5.29. The van der Waals surface area contributed by atoms with E-state index in [0.29, 0.717) is 23.1 Å². The van der Waals surface area contributed by atoms with E-state index in [-0.39, 0.29) is 5.97 Å². The van der Waals surface area contributed by atoms with E-state index < -0.39 is 0 Å². The Kier molecular flexibility index (Phi) is 4.87. The Bertz CT molecular complexity index is 903. The normalized spacial score (nSPS) is 10.8. The summed E-state index contributed by atoms with van der Waals surface area (Å²) in [5, 5.41) is 0.992. The number of aryl methyl sites for hydroxylation is 2. The lowest BCUT2D eigenvalue weighted by Gasteiger charge is -2.06. The number of ether oxygens (including phenoxy) is 2. The first-order chi connectivity index (χ1) is 11.5. The van der Waals surface area contributed by atoms with Gasteiger partial charge in [0.15, 0.2) is 0 Å². The molecule has 0 saturated heterocycles. The van der Waals surface area contributed by atoms with Gasteiger partial charge in [0.25, 0.3) is 0 Å². The second-order valence-corrected chi connectivity index (χ2v) is 7.20. The summed E-state index contributed by atoms with van der Waals surface area (Å²) in [6.07, 6.45) is 0. The van der Waals surface area contributed by atoms with Crippen LogP contribution in [0.5, 0.6) is 11.6 Å². The molecule has 0 spiro atoms. The van der Waals surface area contributed by atoms with E-state index in [0.717, 1.165) is 25.8 Å². The number of carbonyl (C=O) groups excluding carboxylic acids is 1. The fourth-order valence-corrected chi connectivity index (χ4v) is 3.90. The number of fused-ring (bicyclic) bond motifs is 1. The number of halogens is 1. The maximum atomic E-state index is 12.1. The average molecular weight is 406 g/mol. The van der Waals surface area contributed by atoms with Crippen molar-refractivity contribution in [1.82, 2.24) is 4.98 Å². The van der Waals surface area contributed by atoms with Crippen molar-refractivity contribution in [3.05, 3.63) is 50.8 Å². The highest BCUT2D eigenvalue weighted by Crippen LogP contribution is 2.35. The number of esters is 1. The van der Waals surface area contributed by atoms with Crippen LogP contribution in [0.1, 0.15) is 27.7 Å². The van der Waals surface area contributed by atoms with Crippen molar-refractivity contribution in [3.8, 4) is 11.6 Å². The molecule has 4 nitrogen and oxygen atoms in total. The lowest BCUT2D eigenvalue weighted by molar-refractivity contribution is 0.0531. The van der Waals surface area contributed by atoms with Crippen LogP contribution in [-0.4, -0.2) is 17.6 Å². The molecule has 2 heterocycles. The van der Waals surface area contributed by atoms with Gasteiger partial charge in [-0.15, -0.1) is 11.3 Å². The van der Waals surface area contributed by atoms with Gasteiger partial charge in [-0.3, -0.25) is 0 Å². The largest absolute Gasteiger partial charge is 0.462 e. The molecule has 0 aliphatic rings. The van der Waals surface area contributed by atoms with Gasteiger partial charge in [0.1, 0.15) is 15.5 Å². The summed E-state index contributed by atoms with van der Waals surface area (Å²) in [5.41, 5.74) is 1.94. The van der Waals surface area contributed by atoms with E-state index in [4.69, 9.17) is 9.47 Å². The first kappa shape index (κ1) is 16.9. The third-order valence-corrected chi connectivity index (χ3v) is 5.27. The van der Waals surface area contributed by atoms with Crippen LogP contribution >= 0.6 is 27.3 Å². The molecule has 0 saturated carbocycles. The molecule has 24 heavy (non-hydrogen) atoms. The lowest BCUT2D eigenvalue weighted by Crippen LogP contribution is -2.03. The Labute approximate surface area is 152 Å². The van der Waals surface area contributed by atoms with Crippen molar-refractivity contribution in [2.45, 2.75) is 20.8 Å². The van der Waals surface area contributed by atoms with Crippen molar-refractivity contribution in [2.24, 2.45) is 0 Å². The topological polar surface area (TPSA) is 48.4 Å². The number of carbonyl (C=O) groups is 1. The molecule has 0 aliphatic heterocycles. The van der Waals surface area contributed by atoms with Gasteiger partial charge < -0.3 is 9.47 Å². The van der Waals surface area contributed by atoms with Gasteiger partial charge in [0.05, 0.1) is 6.61 Å². The van der Waals surface area contributed by atoms with Crippen LogP contribution in [0.2, 0.25) is 0 Å². The van der Waals surface area contributed by atoms with E-state index in [2.05, 4.69) is 20.9 Å². The number of aromatic nitrogens is 1. The zero-order valence-electron chi connectivity index (χ0n) is 13.6. The number of hydrogen-bond donors (Lipinski definition) is 0. The first-order valence-corrected chi connectivity index (χ1v) is 9.11. The van der Waals surface area contributed by atoms with Crippen LogP contribution in [0.4, 0.5) is 0 Å². The SMILES string of the molecule is CCOC(=O)c1sc2nc(Oc3ccc(Br)cc3)cc(C)c2c1C. The van der Waals surface area contributed by atoms with Gasteiger partial charge in [0, 0.05) is 15.9 Å². The number of nitrogens with zero attached hydrogens (tertiary/aromatic N) is 1. The summed E-state index contributed by atoms with van der Waals surface area (Å²) in [6, 6.07) is 9.45. The Hall–Kier alpha value is -1.92. The minimum Gasteiger partial charge on any atom is -0.462 e. The third-order valence-electron chi connectivity index (χ3n) is 3.57. The number of benzene rings is 1. The summed E-state index contributed by atoms with van der Waals surface area (Å²) in [4.78, 5) is 18.0. The number of rotatable bonds is 4. The second kappa shape index (κ2) is 6.91. The zero-order valence-corrected chi connectivity index (χ0v) is 16.0. The van der Waals surface area contributed by atoms with Gasteiger partial charge in [-0.1, -0.05) is 15.9 Å². The molecule has 0 N–H and O–H groups in total. The van der Waals surface area contributed by atoms with Gasteiger partial charge in [-0.25, -0.2) is 9.78 Å². The molecule has 6 heteroatoms. The summed E-state index contributed by atoms with van der Waals surface area (Å²) >= 11 is 4.74. The van der Waals surface area contributed by atoms with Crippen LogP contribution in [0.15, 0.2) is 34.8 Å².